The smallest absolute Gasteiger partial charge is 0.254 e. The van der Waals surface area contributed by atoms with Gasteiger partial charge in [0, 0.05) is 92.8 Å². The molecule has 2 fully saturated rings. The highest BCUT2D eigenvalue weighted by Gasteiger charge is 2.23. The average Bonchev–Trinajstić information content (AvgIpc) is 3.30. The van der Waals surface area contributed by atoms with Crippen molar-refractivity contribution in [2.24, 2.45) is 0 Å². The molecule has 0 unspecified atom stereocenters. The van der Waals surface area contributed by atoms with E-state index in [1.165, 1.54) is 22.4 Å². The lowest BCUT2D eigenvalue weighted by atomic mass is 10.1. The Bertz CT molecular complexity index is 1470. The lowest BCUT2D eigenvalue weighted by Gasteiger charge is -2.34. The Morgan fingerprint density at radius 3 is 2.25 bits per heavy atom. The zero-order valence-electron chi connectivity index (χ0n) is 23.6. The zero-order chi connectivity index (χ0) is 27.5. The second kappa shape index (κ2) is 12.1. The van der Waals surface area contributed by atoms with E-state index >= 15 is 0 Å². The Balaban J connectivity index is 1.12. The zero-order valence-corrected chi connectivity index (χ0v) is 23.6. The number of rotatable bonds is 8. The molecular weight excluding hydrogens is 501 g/mol. The summed E-state index contributed by atoms with van der Waals surface area (Å²) >= 11 is 0. The van der Waals surface area contributed by atoms with Crippen LogP contribution in [0.2, 0.25) is 0 Å². The van der Waals surface area contributed by atoms with Crippen molar-refractivity contribution in [2.75, 3.05) is 72.5 Å². The maximum absolute atomic E-state index is 13.6. The van der Waals surface area contributed by atoms with Gasteiger partial charge in [-0.15, -0.1) is 0 Å². The molecule has 0 atom stereocenters. The van der Waals surface area contributed by atoms with E-state index in [0.717, 1.165) is 88.4 Å². The second-order valence-corrected chi connectivity index (χ2v) is 11.4. The molecule has 6 rings (SSSR count). The molecular formula is C33H40FN5O. The molecule has 2 aliphatic rings. The van der Waals surface area contributed by atoms with Gasteiger partial charge in [0.05, 0.1) is 0 Å². The van der Waals surface area contributed by atoms with Crippen LogP contribution in [0.5, 0.6) is 0 Å². The van der Waals surface area contributed by atoms with Gasteiger partial charge < -0.3 is 19.3 Å². The van der Waals surface area contributed by atoms with Crippen molar-refractivity contribution in [1.29, 1.82) is 0 Å². The van der Waals surface area contributed by atoms with Crippen molar-refractivity contribution < 1.29 is 9.18 Å². The predicted octanol–water partition coefficient (Wildman–Crippen LogP) is 4.57. The molecule has 0 aliphatic carbocycles. The predicted molar refractivity (Wildman–Crippen MR) is 160 cm³/mol. The first-order valence-electron chi connectivity index (χ1n) is 14.7. The van der Waals surface area contributed by atoms with Crippen molar-refractivity contribution >= 4 is 27.7 Å². The van der Waals surface area contributed by atoms with Crippen LogP contribution < -0.4 is 0 Å². The van der Waals surface area contributed by atoms with Crippen LogP contribution in [0.1, 0.15) is 22.3 Å². The minimum absolute atomic E-state index is 0.112. The van der Waals surface area contributed by atoms with Gasteiger partial charge in [-0.1, -0.05) is 36.4 Å². The van der Waals surface area contributed by atoms with Crippen LogP contribution in [-0.2, 0) is 13.0 Å². The van der Waals surface area contributed by atoms with E-state index in [9.17, 15) is 9.18 Å². The van der Waals surface area contributed by atoms with Gasteiger partial charge >= 0.3 is 0 Å². The Kier molecular flexibility index (Phi) is 8.14. The fraction of sp³-hybridized carbons (Fsp3) is 0.424. The quantitative estimate of drug-likeness (QED) is 0.327. The summed E-state index contributed by atoms with van der Waals surface area (Å²) < 4.78 is 15.9. The number of likely N-dealkylation sites (N-methyl/N-ethyl adjacent to an activating group) is 1. The molecule has 1 amide bonds. The molecule has 6 nitrogen and oxygen atoms in total. The van der Waals surface area contributed by atoms with E-state index < -0.39 is 0 Å². The molecule has 4 aromatic rings. The van der Waals surface area contributed by atoms with Gasteiger partial charge in [-0.3, -0.25) is 9.69 Å². The number of amides is 1. The third-order valence-corrected chi connectivity index (χ3v) is 8.74. The summed E-state index contributed by atoms with van der Waals surface area (Å²) in [6.07, 6.45) is 1.91. The van der Waals surface area contributed by atoms with Crippen LogP contribution in [0.4, 0.5) is 4.39 Å². The Labute approximate surface area is 236 Å². The molecule has 0 radical (unpaired) electrons. The van der Waals surface area contributed by atoms with Gasteiger partial charge in [0.1, 0.15) is 5.82 Å². The number of aryl methyl sites for hydroxylation is 1. The first-order chi connectivity index (χ1) is 19.5. The molecule has 0 saturated carbocycles. The van der Waals surface area contributed by atoms with E-state index in [1.807, 2.05) is 17.0 Å². The lowest BCUT2D eigenvalue weighted by molar-refractivity contribution is 0.0638. The number of aromatic nitrogens is 1. The topological polar surface area (TPSA) is 35.0 Å². The van der Waals surface area contributed by atoms with Gasteiger partial charge in [-0.2, -0.15) is 0 Å². The molecule has 0 spiro atoms. The van der Waals surface area contributed by atoms with E-state index in [0.29, 0.717) is 13.1 Å². The van der Waals surface area contributed by atoms with E-state index in [-0.39, 0.29) is 11.7 Å². The summed E-state index contributed by atoms with van der Waals surface area (Å²) in [4.78, 5) is 22.9. The van der Waals surface area contributed by atoms with Crippen LogP contribution >= 0.6 is 0 Å². The molecule has 2 aliphatic heterocycles. The number of piperazine rings is 2. The maximum Gasteiger partial charge on any atom is 0.254 e. The third-order valence-electron chi connectivity index (χ3n) is 8.74. The number of hydrogen-bond acceptors (Lipinski definition) is 4. The molecule has 3 heterocycles. The summed E-state index contributed by atoms with van der Waals surface area (Å²) in [5, 5.41) is 2.47. The van der Waals surface area contributed by atoms with Gasteiger partial charge in [0.2, 0.25) is 0 Å². The van der Waals surface area contributed by atoms with Gasteiger partial charge in [0.25, 0.3) is 5.91 Å². The second-order valence-electron chi connectivity index (χ2n) is 11.4. The SMILES string of the molecule is CN1CCN(CCCn2c3ccccc3c3ccc(C(=O)N4CCN(CCc5cccc(F)c5)CC4)cc32)CC1. The monoisotopic (exact) mass is 541 g/mol. The number of halogens is 1. The Morgan fingerprint density at radius 1 is 0.725 bits per heavy atom. The first kappa shape index (κ1) is 26.9. The molecule has 40 heavy (non-hydrogen) atoms. The molecule has 2 saturated heterocycles. The lowest BCUT2D eigenvalue weighted by Crippen LogP contribution is -2.49. The minimum Gasteiger partial charge on any atom is -0.340 e. The Hall–Kier alpha value is -3.26. The maximum atomic E-state index is 13.6. The highest BCUT2D eigenvalue weighted by molar-refractivity contribution is 6.10. The molecule has 210 valence electrons. The minimum atomic E-state index is -0.182. The van der Waals surface area contributed by atoms with Gasteiger partial charge in [-0.05, 0) is 62.3 Å². The fourth-order valence-electron chi connectivity index (χ4n) is 6.28. The molecule has 3 aromatic carbocycles. The molecule has 0 bridgehead atoms. The number of nitrogens with zero attached hydrogens (tertiary/aromatic N) is 5. The van der Waals surface area contributed by atoms with Crippen LogP contribution in [-0.4, -0.2) is 103 Å². The first-order valence-corrected chi connectivity index (χ1v) is 14.7. The van der Waals surface area contributed by atoms with Gasteiger partial charge in [0.15, 0.2) is 0 Å². The highest BCUT2D eigenvalue weighted by atomic mass is 19.1. The van der Waals surface area contributed by atoms with Crippen molar-refractivity contribution in [2.45, 2.75) is 19.4 Å². The van der Waals surface area contributed by atoms with Crippen molar-refractivity contribution in [3.63, 3.8) is 0 Å². The summed E-state index contributed by atoms with van der Waals surface area (Å²) in [6, 6.07) is 21.7. The van der Waals surface area contributed by atoms with E-state index in [4.69, 9.17) is 0 Å². The van der Waals surface area contributed by atoms with E-state index in [2.05, 4.69) is 62.7 Å². The van der Waals surface area contributed by atoms with Crippen LogP contribution in [0.3, 0.4) is 0 Å². The molecule has 7 heteroatoms. The van der Waals surface area contributed by atoms with Crippen LogP contribution in [0, 0.1) is 5.82 Å². The van der Waals surface area contributed by atoms with E-state index in [1.54, 1.807) is 12.1 Å². The van der Waals surface area contributed by atoms with Crippen molar-refractivity contribution in [3.05, 3.63) is 83.7 Å². The summed E-state index contributed by atoms with van der Waals surface area (Å²) in [7, 11) is 2.20. The number of fused-ring (bicyclic) bond motifs is 3. The molecule has 0 N–H and O–H groups in total. The van der Waals surface area contributed by atoms with Crippen molar-refractivity contribution in [3.8, 4) is 0 Å². The van der Waals surface area contributed by atoms with Crippen LogP contribution in [0.15, 0.2) is 66.7 Å². The third kappa shape index (κ3) is 5.92. The number of benzene rings is 3. The highest BCUT2D eigenvalue weighted by Crippen LogP contribution is 2.30. The summed E-state index contributed by atoms with van der Waals surface area (Å²) in [5.74, 6) is -0.0696. The largest absolute Gasteiger partial charge is 0.340 e. The number of para-hydroxylation sites is 1. The standard InChI is InChI=1S/C33H40FN5O/c1-35-16-18-36(19-17-35)13-5-14-39-31-9-3-2-8-29(31)30-11-10-27(25-32(30)39)33(40)38-22-20-37(21-23-38)15-12-26-6-4-7-28(34)24-26/h2-4,6-11,24-25H,5,12-23H2,1H3. The van der Waals surface area contributed by atoms with Crippen LogP contribution in [0.25, 0.3) is 21.8 Å². The number of carbonyl (C=O) groups excluding carboxylic acids is 1. The Morgan fingerprint density at radius 2 is 1.45 bits per heavy atom. The number of hydrogen-bond donors (Lipinski definition) is 0. The normalized spacial score (nSPS) is 17.7. The number of carbonyl (C=O) groups is 1. The summed E-state index contributed by atoms with van der Waals surface area (Å²) in [6.45, 7) is 10.6. The fourth-order valence-corrected chi connectivity index (χ4v) is 6.28. The molecule has 1 aromatic heterocycles. The summed E-state index contributed by atoms with van der Waals surface area (Å²) in [5.41, 5.74) is 4.18. The van der Waals surface area contributed by atoms with Crippen molar-refractivity contribution in [1.82, 2.24) is 24.2 Å². The van der Waals surface area contributed by atoms with Gasteiger partial charge in [-0.25, -0.2) is 4.39 Å². The average molecular weight is 542 g/mol.